The summed E-state index contributed by atoms with van der Waals surface area (Å²) in [5.41, 5.74) is 7.64. The summed E-state index contributed by atoms with van der Waals surface area (Å²) in [6.07, 6.45) is 4.82. The van der Waals surface area contributed by atoms with E-state index in [0.29, 0.717) is 6.61 Å². The van der Waals surface area contributed by atoms with Crippen LogP contribution >= 0.6 is 0 Å². The summed E-state index contributed by atoms with van der Waals surface area (Å²) in [6, 6.07) is 18.2. The Hall–Kier alpha value is -3.88. The highest BCUT2D eigenvalue weighted by molar-refractivity contribution is 6.54. The van der Waals surface area contributed by atoms with Gasteiger partial charge in [-0.25, -0.2) is 0 Å². The van der Waals surface area contributed by atoms with Crippen LogP contribution in [0, 0.1) is 0 Å². The van der Waals surface area contributed by atoms with Crippen molar-refractivity contribution in [1.82, 2.24) is 9.88 Å². The molecule has 0 bridgehead atoms. The quantitative estimate of drug-likeness (QED) is 0.396. The molecule has 1 fully saturated rings. The number of fused-ring (bicyclic) bond motifs is 1. The molecule has 0 amide bonds. The first-order valence-electron chi connectivity index (χ1n) is 12.7. The molecule has 3 heterocycles. The zero-order valence-electron chi connectivity index (χ0n) is 20.6. The predicted molar refractivity (Wildman–Crippen MR) is 142 cm³/mol. The minimum atomic E-state index is -0.330. The van der Waals surface area contributed by atoms with Gasteiger partial charge in [-0.15, -0.1) is 0 Å². The van der Waals surface area contributed by atoms with Crippen LogP contribution in [0.25, 0.3) is 0 Å². The number of nitrogens with zero attached hydrogens (tertiary/aromatic N) is 5. The van der Waals surface area contributed by atoms with Gasteiger partial charge in [0.25, 0.3) is 0 Å². The number of benzene rings is 2. The van der Waals surface area contributed by atoms with E-state index in [-0.39, 0.29) is 6.17 Å². The fourth-order valence-corrected chi connectivity index (χ4v) is 5.05. The van der Waals surface area contributed by atoms with E-state index < -0.39 is 0 Å². The normalized spacial score (nSPS) is 20.5. The van der Waals surface area contributed by atoms with E-state index in [0.717, 1.165) is 90.8 Å². The second kappa shape index (κ2) is 10.6. The Morgan fingerprint density at radius 1 is 0.919 bits per heavy atom. The van der Waals surface area contributed by atoms with Crippen molar-refractivity contribution >= 4 is 17.1 Å². The van der Waals surface area contributed by atoms with Crippen LogP contribution in [0.15, 0.2) is 82.1 Å². The zero-order valence-corrected chi connectivity index (χ0v) is 20.6. The van der Waals surface area contributed by atoms with Crippen molar-refractivity contribution in [3.05, 3.63) is 94.8 Å². The Morgan fingerprint density at radius 2 is 1.68 bits per heavy atom. The molecule has 1 aliphatic carbocycles. The lowest BCUT2D eigenvalue weighted by atomic mass is 9.97. The molecule has 188 valence electrons. The van der Waals surface area contributed by atoms with Crippen molar-refractivity contribution in [1.29, 1.82) is 0 Å². The summed E-state index contributed by atoms with van der Waals surface area (Å²) in [4.78, 5) is 16.6. The molecule has 2 aliphatic heterocycles. The van der Waals surface area contributed by atoms with E-state index in [1.54, 1.807) is 12.4 Å². The van der Waals surface area contributed by atoms with Gasteiger partial charge in [0.2, 0.25) is 0 Å². The van der Waals surface area contributed by atoms with E-state index >= 15 is 0 Å². The van der Waals surface area contributed by atoms with E-state index in [1.165, 1.54) is 5.56 Å². The molecule has 6 rings (SSSR count). The van der Waals surface area contributed by atoms with Crippen LogP contribution in [-0.4, -0.2) is 71.7 Å². The maximum absolute atomic E-state index is 9.30. The molecule has 1 unspecified atom stereocenters. The maximum Gasteiger partial charge on any atom is 0.166 e. The van der Waals surface area contributed by atoms with Gasteiger partial charge in [-0.1, -0.05) is 29.4 Å². The van der Waals surface area contributed by atoms with Crippen LogP contribution in [0.5, 0.6) is 5.75 Å². The smallest absolute Gasteiger partial charge is 0.166 e. The van der Waals surface area contributed by atoms with Crippen LogP contribution in [0.1, 0.15) is 40.4 Å². The van der Waals surface area contributed by atoms with Gasteiger partial charge < -0.3 is 14.7 Å². The van der Waals surface area contributed by atoms with E-state index in [1.807, 2.05) is 48.5 Å². The Bertz CT molecular complexity index is 1350. The lowest BCUT2D eigenvalue weighted by molar-refractivity contribution is 0.0322. The largest absolute Gasteiger partial charge is 0.492 e. The second-order valence-electron chi connectivity index (χ2n) is 9.36. The Kier molecular flexibility index (Phi) is 6.75. The number of aryl methyl sites for hydroxylation is 1. The molecule has 0 saturated carbocycles. The van der Waals surface area contributed by atoms with Gasteiger partial charge in [-0.3, -0.25) is 19.9 Å². The monoisotopic (exact) mass is 495 g/mol. The highest BCUT2D eigenvalue weighted by atomic mass is 16.5. The molecule has 2 aromatic carbocycles. The first-order valence-corrected chi connectivity index (χ1v) is 12.7. The first kappa shape index (κ1) is 23.5. The molecule has 37 heavy (non-hydrogen) atoms. The number of aromatic nitrogens is 1. The number of morpholine rings is 1. The SMILES string of the molecule is ON=C1CCc2cc(C3=NC(c4ccc(OCCN5CCOCC5)cc4)N=C3c3ccncc3)ccc21. The van der Waals surface area contributed by atoms with Gasteiger partial charge in [0.05, 0.1) is 30.3 Å². The molecule has 1 saturated heterocycles. The van der Waals surface area contributed by atoms with Crippen LogP contribution in [0.2, 0.25) is 0 Å². The summed E-state index contributed by atoms with van der Waals surface area (Å²) < 4.78 is 11.4. The lowest BCUT2D eigenvalue weighted by Crippen LogP contribution is -2.38. The highest BCUT2D eigenvalue weighted by Crippen LogP contribution is 2.31. The fourth-order valence-electron chi connectivity index (χ4n) is 5.05. The third kappa shape index (κ3) is 5.03. The van der Waals surface area contributed by atoms with E-state index in [9.17, 15) is 5.21 Å². The third-order valence-electron chi connectivity index (χ3n) is 7.08. The van der Waals surface area contributed by atoms with Gasteiger partial charge in [0, 0.05) is 48.7 Å². The lowest BCUT2D eigenvalue weighted by Gasteiger charge is -2.26. The third-order valence-corrected chi connectivity index (χ3v) is 7.08. The molecule has 1 atom stereocenters. The first-order chi connectivity index (χ1) is 18.3. The van der Waals surface area contributed by atoms with Gasteiger partial charge in [-0.05, 0) is 54.3 Å². The van der Waals surface area contributed by atoms with Crippen molar-refractivity contribution in [3.63, 3.8) is 0 Å². The number of oxime groups is 1. The Morgan fingerprint density at radius 3 is 2.43 bits per heavy atom. The fraction of sp³-hybridized carbons (Fsp3) is 0.310. The predicted octanol–water partition coefficient (Wildman–Crippen LogP) is 3.91. The van der Waals surface area contributed by atoms with Crippen LogP contribution in [0.3, 0.4) is 0 Å². The van der Waals surface area contributed by atoms with Crippen molar-refractivity contribution in [2.45, 2.75) is 19.0 Å². The molecular weight excluding hydrogens is 466 g/mol. The standard InChI is InChI=1S/C29H29N5O3/c35-33-26-8-4-22-19-23(3-7-25(22)26)28-27(20-9-11-30-12-10-20)31-29(32-28)21-1-5-24(6-2-21)37-18-15-34-13-16-36-17-14-34/h1-3,5-7,9-12,19,29,35H,4,8,13-18H2. The number of aliphatic imine (C=N–C) groups is 2. The van der Waals surface area contributed by atoms with Gasteiger partial charge in [0.15, 0.2) is 6.17 Å². The highest BCUT2D eigenvalue weighted by Gasteiger charge is 2.27. The minimum Gasteiger partial charge on any atom is -0.492 e. The molecule has 8 heteroatoms. The molecular formula is C29H29N5O3. The second-order valence-corrected chi connectivity index (χ2v) is 9.36. The van der Waals surface area contributed by atoms with Crippen LogP contribution in [0.4, 0.5) is 0 Å². The van der Waals surface area contributed by atoms with Gasteiger partial charge >= 0.3 is 0 Å². The molecule has 1 aromatic heterocycles. The topological polar surface area (TPSA) is 91.9 Å². The Balaban J connectivity index is 1.23. The van der Waals surface area contributed by atoms with Gasteiger partial charge in [0.1, 0.15) is 12.4 Å². The van der Waals surface area contributed by atoms with Crippen molar-refractivity contribution in [2.24, 2.45) is 15.1 Å². The summed E-state index contributed by atoms with van der Waals surface area (Å²) in [5.74, 6) is 0.845. The van der Waals surface area contributed by atoms with Crippen LogP contribution in [-0.2, 0) is 11.2 Å². The van der Waals surface area contributed by atoms with Crippen molar-refractivity contribution < 1.29 is 14.7 Å². The number of rotatable bonds is 7. The van der Waals surface area contributed by atoms with Crippen molar-refractivity contribution in [3.8, 4) is 5.75 Å². The average molecular weight is 496 g/mol. The summed E-state index contributed by atoms with van der Waals surface area (Å²) in [5, 5.41) is 12.8. The molecule has 0 spiro atoms. The van der Waals surface area contributed by atoms with E-state index in [4.69, 9.17) is 19.5 Å². The maximum atomic E-state index is 9.30. The number of pyridine rings is 1. The molecule has 1 N–H and O–H groups in total. The number of hydrogen-bond donors (Lipinski definition) is 1. The molecule has 8 nitrogen and oxygen atoms in total. The van der Waals surface area contributed by atoms with Gasteiger partial charge in [-0.2, -0.15) is 0 Å². The average Bonchev–Trinajstić information content (AvgIpc) is 3.59. The molecule has 3 aliphatic rings. The summed E-state index contributed by atoms with van der Waals surface area (Å²) in [6.45, 7) is 5.06. The minimum absolute atomic E-state index is 0.330. The van der Waals surface area contributed by atoms with Crippen LogP contribution < -0.4 is 4.74 Å². The van der Waals surface area contributed by atoms with E-state index in [2.05, 4.69) is 21.1 Å². The number of hydrogen-bond acceptors (Lipinski definition) is 8. The zero-order chi connectivity index (χ0) is 25.0. The molecule has 3 aromatic rings. The number of ether oxygens (including phenoxy) is 2. The van der Waals surface area contributed by atoms with Crippen molar-refractivity contribution in [2.75, 3.05) is 39.5 Å². The molecule has 0 radical (unpaired) electrons. The summed E-state index contributed by atoms with van der Waals surface area (Å²) >= 11 is 0. The summed E-state index contributed by atoms with van der Waals surface area (Å²) in [7, 11) is 0. The Labute approximate surface area is 216 Å².